The van der Waals surface area contributed by atoms with E-state index in [-0.39, 0.29) is 21.6 Å². The van der Waals surface area contributed by atoms with Gasteiger partial charge in [-0.25, -0.2) is 0 Å². The van der Waals surface area contributed by atoms with Gasteiger partial charge < -0.3 is 8.60 Å². The predicted octanol–water partition coefficient (Wildman–Crippen LogP) is 4.83. The Morgan fingerprint density at radius 3 is 2.30 bits per heavy atom. The van der Waals surface area contributed by atoms with Gasteiger partial charge in [0.15, 0.2) is 4.84 Å². The molecule has 9 heteroatoms. The maximum absolute atomic E-state index is 12.0. The minimum absolute atomic E-state index is 0.00523. The third-order valence-corrected chi connectivity index (χ3v) is 4.45. The Kier molecular flexibility index (Phi) is 4.76. The summed E-state index contributed by atoms with van der Waals surface area (Å²) in [5.74, 6) is 0.107. The van der Waals surface area contributed by atoms with Crippen LogP contribution in [0.1, 0.15) is 10.6 Å². The number of hydrogen-bond donors (Lipinski definition) is 0. The molecule has 1 aromatic heterocycles. The van der Waals surface area contributed by atoms with Crippen LogP contribution in [0, 0.1) is 0 Å². The molecule has 0 aliphatic heterocycles. The minimum Gasteiger partial charge on any atom is -0.444 e. The second-order valence-electron chi connectivity index (χ2n) is 3.57. The number of benzene rings is 1. The largest absolute Gasteiger partial charge is 0.444 e. The van der Waals surface area contributed by atoms with Crippen LogP contribution in [0.4, 0.5) is 0 Å². The average Bonchev–Trinajstić information content (AvgIpc) is 2.84. The van der Waals surface area contributed by atoms with Gasteiger partial charge in [0.1, 0.15) is 11.5 Å². The van der Waals surface area contributed by atoms with Crippen molar-refractivity contribution in [1.29, 1.82) is 0 Å². The fraction of sp³-hybridized carbons (Fsp3) is 0.0909. The van der Waals surface area contributed by atoms with Gasteiger partial charge in [-0.3, -0.25) is 0 Å². The average molecular weight is 376 g/mol. The van der Waals surface area contributed by atoms with Crippen molar-refractivity contribution in [2.75, 3.05) is 0 Å². The van der Waals surface area contributed by atoms with Gasteiger partial charge >= 0.3 is 10.1 Å². The standard InChI is InChI=1S/C11H6Cl4O4S/c12-7-2-1-6(5-8(7)13)19-20(16,17)10-4-3-9(18-10)11(14)15/h1-5,11H. The summed E-state index contributed by atoms with van der Waals surface area (Å²) in [6.07, 6.45) is 0. The lowest BCUT2D eigenvalue weighted by molar-refractivity contribution is 0.393. The molecule has 1 heterocycles. The van der Waals surface area contributed by atoms with E-state index in [1.54, 1.807) is 0 Å². The Morgan fingerprint density at radius 2 is 1.75 bits per heavy atom. The van der Waals surface area contributed by atoms with Crippen LogP contribution in [0.2, 0.25) is 10.0 Å². The van der Waals surface area contributed by atoms with Gasteiger partial charge in [0, 0.05) is 6.07 Å². The first-order valence-electron chi connectivity index (χ1n) is 5.07. The van der Waals surface area contributed by atoms with Crippen LogP contribution in [0.3, 0.4) is 0 Å². The molecule has 0 radical (unpaired) electrons. The summed E-state index contributed by atoms with van der Waals surface area (Å²) in [5.41, 5.74) is 0. The minimum atomic E-state index is -4.14. The highest BCUT2D eigenvalue weighted by atomic mass is 35.5. The van der Waals surface area contributed by atoms with Gasteiger partial charge in [0.25, 0.3) is 5.09 Å². The van der Waals surface area contributed by atoms with Gasteiger partial charge in [0.05, 0.1) is 10.0 Å². The molecule has 0 amide bonds. The Balaban J connectivity index is 2.28. The Labute approximate surface area is 135 Å². The number of hydrogen-bond acceptors (Lipinski definition) is 4. The molecule has 0 saturated carbocycles. The highest BCUT2D eigenvalue weighted by Gasteiger charge is 2.23. The van der Waals surface area contributed by atoms with Crippen molar-refractivity contribution in [2.45, 2.75) is 9.93 Å². The van der Waals surface area contributed by atoms with Gasteiger partial charge in [-0.2, -0.15) is 8.42 Å². The molecule has 1 aromatic carbocycles. The molecule has 2 rings (SSSR count). The third-order valence-electron chi connectivity index (χ3n) is 2.16. The van der Waals surface area contributed by atoms with E-state index in [4.69, 9.17) is 55.0 Å². The zero-order valence-electron chi connectivity index (χ0n) is 9.52. The molecule has 0 fully saturated rings. The lowest BCUT2D eigenvalue weighted by Crippen LogP contribution is -2.08. The molecular formula is C11H6Cl4O4S. The SMILES string of the molecule is O=S(=O)(Oc1ccc(Cl)c(Cl)c1)c1ccc(C(Cl)Cl)o1. The van der Waals surface area contributed by atoms with Gasteiger partial charge in [0.2, 0.25) is 0 Å². The van der Waals surface area contributed by atoms with Crippen molar-refractivity contribution in [3.8, 4) is 5.75 Å². The normalized spacial score (nSPS) is 11.8. The van der Waals surface area contributed by atoms with Crippen molar-refractivity contribution in [2.24, 2.45) is 0 Å². The number of halogens is 4. The fourth-order valence-corrected chi connectivity index (χ4v) is 2.68. The Hall–Kier alpha value is -0.590. The molecule has 0 unspecified atom stereocenters. The van der Waals surface area contributed by atoms with Crippen LogP contribution in [0.15, 0.2) is 39.8 Å². The summed E-state index contributed by atoms with van der Waals surface area (Å²) in [6.45, 7) is 0. The first-order chi connectivity index (χ1) is 9.29. The van der Waals surface area contributed by atoms with Crippen LogP contribution in [0.5, 0.6) is 5.75 Å². The summed E-state index contributed by atoms with van der Waals surface area (Å²) in [6, 6.07) is 6.59. The Bertz CT molecular complexity index is 724. The zero-order valence-corrected chi connectivity index (χ0v) is 13.4. The number of rotatable bonds is 4. The van der Waals surface area contributed by atoms with E-state index in [9.17, 15) is 8.42 Å². The monoisotopic (exact) mass is 374 g/mol. The van der Waals surface area contributed by atoms with Gasteiger partial charge in [-0.15, -0.1) is 0 Å². The van der Waals surface area contributed by atoms with E-state index in [1.807, 2.05) is 0 Å². The summed E-state index contributed by atoms with van der Waals surface area (Å²) >= 11 is 22.6. The highest BCUT2D eigenvalue weighted by Crippen LogP contribution is 2.31. The second kappa shape index (κ2) is 6.03. The molecular weight excluding hydrogens is 370 g/mol. The molecule has 20 heavy (non-hydrogen) atoms. The smallest absolute Gasteiger partial charge is 0.373 e. The number of alkyl halides is 2. The first-order valence-corrected chi connectivity index (χ1v) is 8.11. The van der Waals surface area contributed by atoms with E-state index in [2.05, 4.69) is 0 Å². The topological polar surface area (TPSA) is 56.5 Å². The Morgan fingerprint density at radius 1 is 1.05 bits per heavy atom. The predicted molar refractivity (Wildman–Crippen MR) is 77.4 cm³/mol. The molecule has 0 saturated heterocycles. The zero-order chi connectivity index (χ0) is 14.9. The maximum atomic E-state index is 12.0. The molecule has 2 aromatic rings. The molecule has 0 N–H and O–H groups in total. The van der Waals surface area contributed by atoms with Crippen LogP contribution in [-0.2, 0) is 10.1 Å². The third kappa shape index (κ3) is 3.54. The van der Waals surface area contributed by atoms with Gasteiger partial charge in [-0.1, -0.05) is 46.4 Å². The van der Waals surface area contributed by atoms with Crippen LogP contribution in [-0.4, -0.2) is 8.42 Å². The fourth-order valence-electron chi connectivity index (χ4n) is 1.28. The molecule has 0 atom stereocenters. The van der Waals surface area contributed by atoms with Crippen LogP contribution < -0.4 is 4.18 Å². The van der Waals surface area contributed by atoms with E-state index < -0.39 is 20.0 Å². The molecule has 0 aliphatic carbocycles. The van der Waals surface area contributed by atoms with Crippen molar-refractivity contribution < 1.29 is 17.0 Å². The summed E-state index contributed by atoms with van der Waals surface area (Å²) in [4.78, 5) is -0.969. The molecule has 0 bridgehead atoms. The van der Waals surface area contributed by atoms with E-state index in [1.165, 1.54) is 30.3 Å². The highest BCUT2D eigenvalue weighted by molar-refractivity contribution is 7.87. The maximum Gasteiger partial charge on any atom is 0.373 e. The van der Waals surface area contributed by atoms with E-state index >= 15 is 0 Å². The van der Waals surface area contributed by atoms with Crippen molar-refractivity contribution in [3.63, 3.8) is 0 Å². The van der Waals surface area contributed by atoms with E-state index in [0.717, 1.165) is 0 Å². The van der Waals surface area contributed by atoms with Crippen molar-refractivity contribution in [3.05, 3.63) is 46.1 Å². The molecule has 108 valence electrons. The summed E-state index contributed by atoms with van der Waals surface area (Å²) < 4.78 is 33.8. The molecule has 0 aliphatic rings. The van der Waals surface area contributed by atoms with Crippen molar-refractivity contribution >= 4 is 56.5 Å². The molecule has 0 spiro atoms. The van der Waals surface area contributed by atoms with Crippen LogP contribution in [0.25, 0.3) is 0 Å². The summed E-state index contributed by atoms with van der Waals surface area (Å²) in [5, 5.41) is 0.0368. The lowest BCUT2D eigenvalue weighted by Gasteiger charge is -2.05. The number of furan rings is 1. The lowest BCUT2D eigenvalue weighted by atomic mass is 10.3. The quantitative estimate of drug-likeness (QED) is 0.567. The second-order valence-corrected chi connectivity index (χ2v) is 6.96. The van der Waals surface area contributed by atoms with E-state index in [0.29, 0.717) is 0 Å². The molecule has 4 nitrogen and oxygen atoms in total. The summed E-state index contributed by atoms with van der Waals surface area (Å²) in [7, 11) is -4.14. The van der Waals surface area contributed by atoms with Gasteiger partial charge in [-0.05, 0) is 24.3 Å². The van der Waals surface area contributed by atoms with Crippen LogP contribution >= 0.6 is 46.4 Å². The first kappa shape index (κ1) is 15.8. The van der Waals surface area contributed by atoms with Crippen molar-refractivity contribution in [1.82, 2.24) is 0 Å².